The molecule has 0 aliphatic heterocycles. The fourth-order valence-corrected chi connectivity index (χ4v) is 1.81. The molecule has 0 amide bonds. The van der Waals surface area contributed by atoms with Crippen molar-refractivity contribution in [1.82, 2.24) is 20.3 Å². The normalized spacial score (nSPS) is 11.7. The number of halogens is 1. The summed E-state index contributed by atoms with van der Waals surface area (Å²) in [7, 11) is 1.51. The van der Waals surface area contributed by atoms with Crippen LogP contribution in [-0.4, -0.2) is 27.6 Å². The van der Waals surface area contributed by atoms with E-state index >= 15 is 0 Å². The molecule has 1 N–H and O–H groups in total. The minimum atomic E-state index is -0.306. The average molecular weight is 292 g/mol. The lowest BCUT2D eigenvalue weighted by atomic mass is 10.1. The standard InChI is InChI=1S/C15H21FN4O/c1-15(2,3)17-8-12-10-20(19-18-12)9-11-5-6-13(21-4)7-14(11)16/h5-7,10,17H,8-9H2,1-4H3. The van der Waals surface area contributed by atoms with Crippen LogP contribution in [0.4, 0.5) is 4.39 Å². The summed E-state index contributed by atoms with van der Waals surface area (Å²) in [5, 5.41) is 11.4. The fraction of sp³-hybridized carbons (Fsp3) is 0.467. The summed E-state index contributed by atoms with van der Waals surface area (Å²) in [5.74, 6) is 0.198. The number of methoxy groups -OCH3 is 1. The summed E-state index contributed by atoms with van der Waals surface area (Å²) < 4.78 is 20.5. The first-order valence-corrected chi connectivity index (χ1v) is 6.84. The van der Waals surface area contributed by atoms with E-state index < -0.39 is 0 Å². The topological polar surface area (TPSA) is 52.0 Å². The van der Waals surface area contributed by atoms with Gasteiger partial charge in [-0.25, -0.2) is 9.07 Å². The molecule has 21 heavy (non-hydrogen) atoms. The smallest absolute Gasteiger partial charge is 0.131 e. The van der Waals surface area contributed by atoms with Crippen LogP contribution in [0.25, 0.3) is 0 Å². The van der Waals surface area contributed by atoms with E-state index in [4.69, 9.17) is 4.74 Å². The van der Waals surface area contributed by atoms with E-state index in [-0.39, 0.29) is 11.4 Å². The van der Waals surface area contributed by atoms with Crippen molar-refractivity contribution < 1.29 is 9.13 Å². The molecule has 1 aromatic carbocycles. The lowest BCUT2D eigenvalue weighted by molar-refractivity contribution is 0.410. The zero-order chi connectivity index (χ0) is 15.5. The van der Waals surface area contributed by atoms with Crippen LogP contribution >= 0.6 is 0 Å². The average Bonchev–Trinajstić information content (AvgIpc) is 2.86. The van der Waals surface area contributed by atoms with E-state index in [0.29, 0.717) is 24.4 Å². The van der Waals surface area contributed by atoms with Crippen LogP contribution in [0.1, 0.15) is 32.0 Å². The zero-order valence-electron chi connectivity index (χ0n) is 12.9. The van der Waals surface area contributed by atoms with Gasteiger partial charge in [-0.2, -0.15) is 0 Å². The Morgan fingerprint density at radius 2 is 2.10 bits per heavy atom. The first-order chi connectivity index (χ1) is 9.87. The molecule has 0 atom stereocenters. The third-order valence-corrected chi connectivity index (χ3v) is 2.98. The third-order valence-electron chi connectivity index (χ3n) is 2.98. The summed E-state index contributed by atoms with van der Waals surface area (Å²) >= 11 is 0. The fourth-order valence-electron chi connectivity index (χ4n) is 1.81. The molecule has 0 radical (unpaired) electrons. The van der Waals surface area contributed by atoms with Gasteiger partial charge < -0.3 is 10.1 Å². The maximum absolute atomic E-state index is 13.9. The molecule has 0 bridgehead atoms. The van der Waals surface area contributed by atoms with Crippen molar-refractivity contribution in [3.63, 3.8) is 0 Å². The molecule has 5 nitrogen and oxygen atoms in total. The Hall–Kier alpha value is -1.95. The maximum Gasteiger partial charge on any atom is 0.131 e. The highest BCUT2D eigenvalue weighted by molar-refractivity contribution is 5.28. The van der Waals surface area contributed by atoms with Gasteiger partial charge in [0.05, 0.1) is 25.5 Å². The number of rotatable bonds is 5. The van der Waals surface area contributed by atoms with Crippen LogP contribution in [0.2, 0.25) is 0 Å². The van der Waals surface area contributed by atoms with Crippen molar-refractivity contribution in [2.45, 2.75) is 39.4 Å². The summed E-state index contributed by atoms with van der Waals surface area (Å²) in [4.78, 5) is 0. The monoisotopic (exact) mass is 292 g/mol. The van der Waals surface area contributed by atoms with Gasteiger partial charge in [-0.3, -0.25) is 0 Å². The molecule has 0 unspecified atom stereocenters. The largest absolute Gasteiger partial charge is 0.497 e. The highest BCUT2D eigenvalue weighted by Gasteiger charge is 2.11. The summed E-state index contributed by atoms with van der Waals surface area (Å²) in [6.07, 6.45) is 1.82. The Morgan fingerprint density at radius 1 is 1.33 bits per heavy atom. The van der Waals surface area contributed by atoms with E-state index in [1.54, 1.807) is 16.8 Å². The van der Waals surface area contributed by atoms with Crippen molar-refractivity contribution in [2.24, 2.45) is 0 Å². The van der Waals surface area contributed by atoms with Gasteiger partial charge in [0, 0.05) is 23.7 Å². The van der Waals surface area contributed by atoms with Gasteiger partial charge in [0.1, 0.15) is 11.6 Å². The molecular weight excluding hydrogens is 271 g/mol. The minimum absolute atomic E-state index is 0.0197. The Labute approximate surface area is 124 Å². The Balaban J connectivity index is 2.02. The van der Waals surface area contributed by atoms with Crippen molar-refractivity contribution in [3.05, 3.63) is 41.5 Å². The number of nitrogens with one attached hydrogen (secondary N) is 1. The molecular formula is C15H21FN4O. The molecule has 0 spiro atoms. The highest BCUT2D eigenvalue weighted by Crippen LogP contribution is 2.17. The van der Waals surface area contributed by atoms with Gasteiger partial charge in [-0.05, 0) is 26.8 Å². The molecule has 0 aliphatic carbocycles. The van der Waals surface area contributed by atoms with Gasteiger partial charge >= 0.3 is 0 Å². The minimum Gasteiger partial charge on any atom is -0.497 e. The maximum atomic E-state index is 13.9. The van der Waals surface area contributed by atoms with Gasteiger partial charge in [0.25, 0.3) is 0 Å². The summed E-state index contributed by atoms with van der Waals surface area (Å²) in [6, 6.07) is 4.80. The number of nitrogens with zero attached hydrogens (tertiary/aromatic N) is 3. The van der Waals surface area contributed by atoms with Crippen LogP contribution < -0.4 is 10.1 Å². The van der Waals surface area contributed by atoms with E-state index in [1.165, 1.54) is 13.2 Å². The molecule has 1 heterocycles. The SMILES string of the molecule is COc1ccc(Cn2cc(CNC(C)(C)C)nn2)c(F)c1. The van der Waals surface area contributed by atoms with Crippen LogP contribution in [0.15, 0.2) is 24.4 Å². The number of aromatic nitrogens is 3. The number of benzene rings is 1. The molecule has 114 valence electrons. The lowest BCUT2D eigenvalue weighted by Crippen LogP contribution is -2.35. The second-order valence-corrected chi connectivity index (χ2v) is 5.97. The lowest BCUT2D eigenvalue weighted by Gasteiger charge is -2.19. The van der Waals surface area contributed by atoms with Crippen molar-refractivity contribution >= 4 is 0 Å². The molecule has 0 aliphatic rings. The van der Waals surface area contributed by atoms with Crippen LogP contribution in [0.3, 0.4) is 0 Å². The van der Waals surface area contributed by atoms with Gasteiger partial charge in [-0.15, -0.1) is 5.10 Å². The van der Waals surface area contributed by atoms with Crippen molar-refractivity contribution in [1.29, 1.82) is 0 Å². The third kappa shape index (κ3) is 4.53. The zero-order valence-corrected chi connectivity index (χ0v) is 12.9. The molecule has 2 rings (SSSR count). The van der Waals surface area contributed by atoms with Crippen LogP contribution in [-0.2, 0) is 13.1 Å². The van der Waals surface area contributed by atoms with E-state index in [2.05, 4.69) is 36.4 Å². The highest BCUT2D eigenvalue weighted by atomic mass is 19.1. The van der Waals surface area contributed by atoms with Crippen LogP contribution in [0.5, 0.6) is 5.75 Å². The van der Waals surface area contributed by atoms with E-state index in [0.717, 1.165) is 5.69 Å². The second-order valence-electron chi connectivity index (χ2n) is 5.97. The first kappa shape index (κ1) is 15.4. The van der Waals surface area contributed by atoms with E-state index in [1.807, 2.05) is 6.20 Å². The van der Waals surface area contributed by atoms with Gasteiger partial charge in [0.15, 0.2) is 0 Å². The molecule has 0 saturated carbocycles. The summed E-state index contributed by atoms with van der Waals surface area (Å²) in [6.45, 7) is 7.24. The number of ether oxygens (including phenoxy) is 1. The van der Waals surface area contributed by atoms with E-state index in [9.17, 15) is 4.39 Å². The predicted octanol–water partition coefficient (Wildman–Crippen LogP) is 2.36. The molecule has 1 aromatic heterocycles. The summed E-state index contributed by atoms with van der Waals surface area (Å²) in [5.41, 5.74) is 1.40. The van der Waals surface area contributed by atoms with Crippen molar-refractivity contribution in [2.75, 3.05) is 7.11 Å². The Kier molecular flexibility index (Phi) is 4.57. The quantitative estimate of drug-likeness (QED) is 0.919. The van der Waals surface area contributed by atoms with Crippen molar-refractivity contribution in [3.8, 4) is 5.75 Å². The van der Waals surface area contributed by atoms with Gasteiger partial charge in [-0.1, -0.05) is 11.3 Å². The number of hydrogen-bond acceptors (Lipinski definition) is 4. The molecule has 0 fully saturated rings. The van der Waals surface area contributed by atoms with Crippen LogP contribution in [0, 0.1) is 5.82 Å². The Bertz CT molecular complexity index is 604. The predicted molar refractivity (Wildman–Crippen MR) is 78.7 cm³/mol. The Morgan fingerprint density at radius 3 is 2.71 bits per heavy atom. The van der Waals surface area contributed by atoms with Gasteiger partial charge in [0.2, 0.25) is 0 Å². The molecule has 2 aromatic rings. The molecule has 6 heteroatoms. The first-order valence-electron chi connectivity index (χ1n) is 6.84. The second kappa shape index (κ2) is 6.22. The number of hydrogen-bond donors (Lipinski definition) is 1. The molecule has 0 saturated heterocycles.